The van der Waals surface area contributed by atoms with Crippen molar-refractivity contribution in [2.45, 2.75) is 0 Å². The lowest BCUT2D eigenvalue weighted by atomic mass is 10.1. The van der Waals surface area contributed by atoms with E-state index in [-0.39, 0.29) is 20.7 Å². The molecule has 24 heavy (non-hydrogen) atoms. The minimum atomic E-state index is -0.957. The van der Waals surface area contributed by atoms with Crippen LogP contribution in [0.15, 0.2) is 34.9 Å². The molecule has 1 aliphatic rings. The van der Waals surface area contributed by atoms with Crippen LogP contribution in [0, 0.1) is 11.3 Å². The third-order valence-corrected chi connectivity index (χ3v) is 4.33. The van der Waals surface area contributed by atoms with Crippen molar-refractivity contribution in [1.82, 2.24) is 4.90 Å². The first-order valence-electron chi connectivity index (χ1n) is 6.43. The highest BCUT2D eigenvalue weighted by Crippen LogP contribution is 2.37. The molecular formula is C15H11N3O4S2. The van der Waals surface area contributed by atoms with Gasteiger partial charge in [-0.2, -0.15) is 5.26 Å². The zero-order chi connectivity index (χ0) is 17.9. The smallest absolute Gasteiger partial charge is 0.270 e. The minimum absolute atomic E-state index is 0.115. The number of ether oxygens (including phenoxy) is 1. The molecular weight excluding hydrogens is 350 g/mol. The molecule has 3 N–H and O–H groups in total. The van der Waals surface area contributed by atoms with Crippen molar-refractivity contribution in [2.24, 2.45) is 5.73 Å². The average Bonchev–Trinajstić information content (AvgIpc) is 2.81. The summed E-state index contributed by atoms with van der Waals surface area (Å²) in [6.45, 7) is 0. The van der Waals surface area contributed by atoms with Crippen LogP contribution in [0.3, 0.4) is 0 Å². The van der Waals surface area contributed by atoms with Crippen molar-refractivity contribution >= 4 is 46.2 Å². The molecule has 0 unspecified atom stereocenters. The Morgan fingerprint density at radius 2 is 2.25 bits per heavy atom. The number of methoxy groups -OCH3 is 1. The molecule has 1 aliphatic heterocycles. The number of nitriles is 1. The Balaban J connectivity index is 2.39. The standard InChI is InChI=1S/C15H11N3O4S2/c1-22-10-4-2-3-8(12(10)19)5-11-14(21)18(15(23)24-11)7-9(6-16)13(17)20/h2-5,7,19H,1H3,(H2,17,20)/b9-7?,11-5-. The lowest BCUT2D eigenvalue weighted by molar-refractivity contribution is -0.120. The van der Waals surface area contributed by atoms with E-state index in [1.54, 1.807) is 24.3 Å². The average molecular weight is 361 g/mol. The Labute approximate surface area is 147 Å². The van der Waals surface area contributed by atoms with E-state index in [0.717, 1.165) is 22.9 Å². The first-order valence-corrected chi connectivity index (χ1v) is 7.66. The molecule has 122 valence electrons. The van der Waals surface area contributed by atoms with Crippen molar-refractivity contribution in [1.29, 1.82) is 5.26 Å². The van der Waals surface area contributed by atoms with Gasteiger partial charge in [0, 0.05) is 11.8 Å². The Hall–Kier alpha value is -2.83. The lowest BCUT2D eigenvalue weighted by Gasteiger charge is -2.08. The Morgan fingerprint density at radius 1 is 1.54 bits per heavy atom. The molecule has 2 rings (SSSR count). The number of nitrogens with two attached hydrogens (primary N) is 1. The molecule has 1 aromatic carbocycles. The van der Waals surface area contributed by atoms with E-state index in [1.807, 2.05) is 0 Å². The predicted octanol–water partition coefficient (Wildman–Crippen LogP) is 1.49. The van der Waals surface area contributed by atoms with Gasteiger partial charge in [-0.1, -0.05) is 36.1 Å². The zero-order valence-corrected chi connectivity index (χ0v) is 14.0. The van der Waals surface area contributed by atoms with Gasteiger partial charge in [0.2, 0.25) is 0 Å². The van der Waals surface area contributed by atoms with Gasteiger partial charge in [0.15, 0.2) is 15.8 Å². The van der Waals surface area contributed by atoms with Crippen LogP contribution in [0.4, 0.5) is 0 Å². The van der Waals surface area contributed by atoms with Crippen LogP contribution in [0.2, 0.25) is 0 Å². The van der Waals surface area contributed by atoms with Crippen LogP contribution in [0.25, 0.3) is 6.08 Å². The fourth-order valence-corrected chi connectivity index (χ4v) is 3.03. The largest absolute Gasteiger partial charge is 0.504 e. The monoisotopic (exact) mass is 361 g/mol. The van der Waals surface area contributed by atoms with Gasteiger partial charge >= 0.3 is 0 Å². The van der Waals surface area contributed by atoms with E-state index >= 15 is 0 Å². The maximum atomic E-state index is 12.4. The molecule has 0 aliphatic carbocycles. The van der Waals surface area contributed by atoms with Gasteiger partial charge in [0.05, 0.1) is 12.0 Å². The Morgan fingerprint density at radius 3 is 2.83 bits per heavy atom. The SMILES string of the molecule is COc1cccc(/C=C2\SC(=S)N(C=C(C#N)C(N)=O)C2=O)c1O. The zero-order valence-electron chi connectivity index (χ0n) is 12.3. The lowest BCUT2D eigenvalue weighted by Crippen LogP contribution is -2.24. The Kier molecular flexibility index (Phi) is 5.23. The summed E-state index contributed by atoms with van der Waals surface area (Å²) >= 11 is 6.05. The van der Waals surface area contributed by atoms with E-state index in [0.29, 0.717) is 5.56 Å². The van der Waals surface area contributed by atoms with Crippen LogP contribution in [0.1, 0.15) is 5.56 Å². The number of carbonyl (C=O) groups is 2. The topological polar surface area (TPSA) is 117 Å². The normalized spacial score (nSPS) is 16.4. The number of rotatable bonds is 4. The van der Waals surface area contributed by atoms with E-state index in [1.165, 1.54) is 13.2 Å². The molecule has 0 saturated carbocycles. The molecule has 0 spiro atoms. The number of amides is 2. The maximum absolute atomic E-state index is 12.4. The van der Waals surface area contributed by atoms with Crippen LogP contribution in [-0.2, 0) is 9.59 Å². The number of hydrogen-bond donors (Lipinski definition) is 2. The molecule has 1 saturated heterocycles. The number of primary amides is 1. The van der Waals surface area contributed by atoms with Gasteiger partial charge in [-0.25, -0.2) is 0 Å². The van der Waals surface area contributed by atoms with E-state index in [2.05, 4.69) is 0 Å². The molecule has 0 bridgehead atoms. The number of para-hydroxylation sites is 1. The highest BCUT2D eigenvalue weighted by Gasteiger charge is 2.32. The van der Waals surface area contributed by atoms with Gasteiger partial charge in [-0.3, -0.25) is 14.5 Å². The fourth-order valence-electron chi connectivity index (χ4n) is 1.83. The number of phenols is 1. The predicted molar refractivity (Wildman–Crippen MR) is 92.6 cm³/mol. The molecule has 7 nitrogen and oxygen atoms in total. The molecule has 9 heteroatoms. The molecule has 1 aromatic rings. The number of carbonyl (C=O) groups excluding carboxylic acids is 2. The van der Waals surface area contributed by atoms with Crippen molar-refractivity contribution in [3.63, 3.8) is 0 Å². The number of hydrogen-bond acceptors (Lipinski definition) is 7. The molecule has 0 atom stereocenters. The first kappa shape index (κ1) is 17.5. The summed E-state index contributed by atoms with van der Waals surface area (Å²) in [7, 11) is 1.41. The molecule has 1 fully saturated rings. The van der Waals surface area contributed by atoms with Crippen molar-refractivity contribution < 1.29 is 19.4 Å². The number of phenolic OH excluding ortho intramolecular Hbond substituents is 1. The summed E-state index contributed by atoms with van der Waals surface area (Å²) in [5, 5.41) is 18.9. The highest BCUT2D eigenvalue weighted by atomic mass is 32.2. The van der Waals surface area contributed by atoms with Crippen molar-refractivity contribution in [3.8, 4) is 17.6 Å². The van der Waals surface area contributed by atoms with Crippen molar-refractivity contribution in [2.75, 3.05) is 7.11 Å². The number of thioether (sulfide) groups is 1. The van der Waals surface area contributed by atoms with Gasteiger partial charge in [0.25, 0.3) is 11.8 Å². The maximum Gasteiger partial charge on any atom is 0.270 e. The van der Waals surface area contributed by atoms with Gasteiger partial charge in [0.1, 0.15) is 11.6 Å². The molecule has 1 heterocycles. The van der Waals surface area contributed by atoms with Crippen molar-refractivity contribution in [3.05, 3.63) is 40.4 Å². The number of benzene rings is 1. The summed E-state index contributed by atoms with van der Waals surface area (Å²) in [6.07, 6.45) is 2.45. The Bertz CT molecular complexity index is 840. The second-order valence-electron chi connectivity index (χ2n) is 4.47. The minimum Gasteiger partial charge on any atom is -0.504 e. The summed E-state index contributed by atoms with van der Waals surface area (Å²) in [5.74, 6) is -1.34. The van der Waals surface area contributed by atoms with Gasteiger partial charge < -0.3 is 15.6 Å². The number of thiocarbonyl (C=S) groups is 1. The third-order valence-electron chi connectivity index (χ3n) is 3.00. The van der Waals surface area contributed by atoms with Gasteiger partial charge in [-0.05, 0) is 12.1 Å². The highest BCUT2D eigenvalue weighted by molar-refractivity contribution is 8.26. The number of aromatic hydroxyl groups is 1. The van der Waals surface area contributed by atoms with Crippen LogP contribution < -0.4 is 10.5 Å². The van der Waals surface area contributed by atoms with E-state index in [9.17, 15) is 14.7 Å². The summed E-state index contributed by atoms with van der Waals surface area (Å²) in [4.78, 5) is 24.7. The second-order valence-corrected chi connectivity index (χ2v) is 6.14. The first-order chi connectivity index (χ1) is 11.4. The summed E-state index contributed by atoms with van der Waals surface area (Å²) in [5.41, 5.74) is 5.02. The van der Waals surface area contributed by atoms with E-state index in [4.69, 9.17) is 28.0 Å². The third kappa shape index (κ3) is 3.40. The molecule has 2 amide bonds. The van der Waals surface area contributed by atoms with Gasteiger partial charge in [-0.15, -0.1) is 0 Å². The number of nitrogens with zero attached hydrogens (tertiary/aromatic N) is 2. The van der Waals surface area contributed by atoms with Crippen LogP contribution in [0.5, 0.6) is 11.5 Å². The summed E-state index contributed by atoms with van der Waals surface area (Å²) in [6, 6.07) is 6.44. The quantitative estimate of drug-likeness (QED) is 0.474. The summed E-state index contributed by atoms with van der Waals surface area (Å²) < 4.78 is 5.15. The van der Waals surface area contributed by atoms with Crippen LogP contribution >= 0.6 is 24.0 Å². The fraction of sp³-hybridized carbons (Fsp3) is 0.0667. The second kappa shape index (κ2) is 7.16. The molecule has 0 radical (unpaired) electrons. The van der Waals surface area contributed by atoms with E-state index < -0.39 is 17.4 Å². The van der Waals surface area contributed by atoms with Crippen LogP contribution in [-0.4, -0.2) is 33.3 Å². The molecule has 0 aromatic heterocycles.